The minimum absolute atomic E-state index is 0.554. The largest absolute Gasteiger partial charge is 0.241 e. The molecule has 72 valence electrons. The number of halogens is 2. The van der Waals surface area contributed by atoms with E-state index in [4.69, 9.17) is 23.2 Å². The van der Waals surface area contributed by atoms with Crippen LogP contribution in [-0.2, 0) is 6.42 Å². The summed E-state index contributed by atoms with van der Waals surface area (Å²) in [7, 11) is 0. The molecule has 0 unspecified atom stereocenters. The van der Waals surface area contributed by atoms with E-state index >= 15 is 0 Å². The highest BCUT2D eigenvalue weighted by Crippen LogP contribution is 2.25. The zero-order valence-electron chi connectivity index (χ0n) is 7.90. The molecule has 3 heteroatoms. The van der Waals surface area contributed by atoms with Crippen molar-refractivity contribution in [2.45, 2.75) is 33.1 Å². The van der Waals surface area contributed by atoms with Crippen molar-refractivity contribution in [3.63, 3.8) is 0 Å². The Kier molecular flexibility index (Phi) is 4.01. The SMILES string of the molecule is CCCCc1c(Cl)cc(C)nc1Cl. The summed E-state index contributed by atoms with van der Waals surface area (Å²) in [6.45, 7) is 4.03. The number of rotatable bonds is 3. The Morgan fingerprint density at radius 3 is 2.62 bits per heavy atom. The van der Waals surface area contributed by atoms with E-state index < -0.39 is 0 Å². The molecular weight excluding hydrogens is 205 g/mol. The topological polar surface area (TPSA) is 12.9 Å². The van der Waals surface area contributed by atoms with Crippen molar-refractivity contribution in [1.82, 2.24) is 4.98 Å². The van der Waals surface area contributed by atoms with Crippen LogP contribution in [-0.4, -0.2) is 4.98 Å². The number of hydrogen-bond donors (Lipinski definition) is 0. The molecule has 0 aliphatic heterocycles. The quantitative estimate of drug-likeness (QED) is 0.697. The van der Waals surface area contributed by atoms with E-state index in [1.54, 1.807) is 0 Å². The normalized spacial score (nSPS) is 10.5. The first kappa shape index (κ1) is 10.8. The van der Waals surface area contributed by atoms with E-state index in [-0.39, 0.29) is 0 Å². The second-order valence-electron chi connectivity index (χ2n) is 3.12. The molecule has 0 N–H and O–H groups in total. The summed E-state index contributed by atoms with van der Waals surface area (Å²) in [5.74, 6) is 0. The Morgan fingerprint density at radius 2 is 2.08 bits per heavy atom. The van der Waals surface area contributed by atoms with Gasteiger partial charge in [-0.1, -0.05) is 36.5 Å². The van der Waals surface area contributed by atoms with Gasteiger partial charge in [-0.2, -0.15) is 0 Å². The molecule has 0 aliphatic carbocycles. The number of unbranched alkanes of at least 4 members (excludes halogenated alkanes) is 1. The van der Waals surface area contributed by atoms with Gasteiger partial charge in [-0.25, -0.2) is 4.98 Å². The smallest absolute Gasteiger partial charge is 0.133 e. The molecule has 0 aliphatic rings. The van der Waals surface area contributed by atoms with Crippen LogP contribution < -0.4 is 0 Å². The van der Waals surface area contributed by atoms with Crippen LogP contribution >= 0.6 is 23.2 Å². The van der Waals surface area contributed by atoms with Gasteiger partial charge >= 0.3 is 0 Å². The van der Waals surface area contributed by atoms with Crippen molar-refractivity contribution in [1.29, 1.82) is 0 Å². The third kappa shape index (κ3) is 2.85. The molecule has 1 nitrogen and oxygen atoms in total. The molecule has 0 amide bonds. The molecule has 1 rings (SSSR count). The number of aryl methyl sites for hydroxylation is 1. The minimum Gasteiger partial charge on any atom is -0.241 e. The molecule has 0 spiro atoms. The van der Waals surface area contributed by atoms with E-state index in [9.17, 15) is 0 Å². The van der Waals surface area contributed by atoms with Crippen LogP contribution in [0.2, 0.25) is 10.2 Å². The molecule has 1 aromatic rings. The molecule has 1 heterocycles. The Bertz CT molecular complexity index is 274. The zero-order valence-corrected chi connectivity index (χ0v) is 9.41. The van der Waals surface area contributed by atoms with Gasteiger partial charge in [-0.3, -0.25) is 0 Å². The highest BCUT2D eigenvalue weighted by atomic mass is 35.5. The summed E-state index contributed by atoms with van der Waals surface area (Å²) in [4.78, 5) is 4.17. The maximum Gasteiger partial charge on any atom is 0.133 e. The lowest BCUT2D eigenvalue weighted by Crippen LogP contribution is -1.93. The van der Waals surface area contributed by atoms with Crippen LogP contribution in [0.25, 0.3) is 0 Å². The van der Waals surface area contributed by atoms with Gasteiger partial charge < -0.3 is 0 Å². The Labute approximate surface area is 89.1 Å². The molecule has 13 heavy (non-hydrogen) atoms. The van der Waals surface area contributed by atoms with E-state index in [2.05, 4.69) is 11.9 Å². The summed E-state index contributed by atoms with van der Waals surface area (Å²) in [6, 6.07) is 1.86. The van der Waals surface area contributed by atoms with Gasteiger partial charge in [0.15, 0.2) is 0 Å². The maximum atomic E-state index is 6.05. The first-order valence-electron chi connectivity index (χ1n) is 4.46. The standard InChI is InChI=1S/C10H13Cl2N/c1-3-4-5-8-9(11)6-7(2)13-10(8)12/h6H,3-5H2,1-2H3. The fourth-order valence-electron chi connectivity index (χ4n) is 1.20. The lowest BCUT2D eigenvalue weighted by Gasteiger charge is -2.06. The minimum atomic E-state index is 0.554. The third-order valence-electron chi connectivity index (χ3n) is 1.93. The second kappa shape index (κ2) is 4.83. The van der Waals surface area contributed by atoms with Gasteiger partial charge in [0, 0.05) is 16.3 Å². The lowest BCUT2D eigenvalue weighted by molar-refractivity contribution is 0.791. The molecule has 0 atom stereocenters. The number of hydrogen-bond acceptors (Lipinski definition) is 1. The van der Waals surface area contributed by atoms with Gasteiger partial charge in [-0.15, -0.1) is 0 Å². The highest BCUT2D eigenvalue weighted by Gasteiger charge is 2.07. The second-order valence-corrected chi connectivity index (χ2v) is 3.88. The molecule has 1 aromatic heterocycles. The van der Waals surface area contributed by atoms with Crippen molar-refractivity contribution in [3.05, 3.63) is 27.5 Å². The van der Waals surface area contributed by atoms with Crippen molar-refractivity contribution in [2.24, 2.45) is 0 Å². The summed E-state index contributed by atoms with van der Waals surface area (Å²) in [5, 5.41) is 1.30. The van der Waals surface area contributed by atoms with Crippen molar-refractivity contribution in [3.8, 4) is 0 Å². The highest BCUT2D eigenvalue weighted by molar-refractivity contribution is 6.35. The summed E-state index contributed by atoms with van der Waals surface area (Å²) in [6.07, 6.45) is 3.16. The van der Waals surface area contributed by atoms with Crippen LogP contribution in [0.15, 0.2) is 6.07 Å². The first-order valence-corrected chi connectivity index (χ1v) is 5.22. The van der Waals surface area contributed by atoms with Crippen molar-refractivity contribution < 1.29 is 0 Å². The molecule has 0 aromatic carbocycles. The van der Waals surface area contributed by atoms with E-state index in [1.807, 2.05) is 13.0 Å². The van der Waals surface area contributed by atoms with E-state index in [0.717, 1.165) is 35.5 Å². The molecule has 0 fully saturated rings. The Hall–Kier alpha value is -0.270. The van der Waals surface area contributed by atoms with Crippen LogP contribution in [0.1, 0.15) is 31.0 Å². The molecular formula is C10H13Cl2N. The number of aromatic nitrogens is 1. The fourth-order valence-corrected chi connectivity index (χ4v) is 1.92. The molecule has 0 bridgehead atoms. The summed E-state index contributed by atoms with van der Waals surface area (Å²) >= 11 is 12.0. The monoisotopic (exact) mass is 217 g/mol. The van der Waals surface area contributed by atoms with Gasteiger partial charge in [0.1, 0.15) is 5.15 Å². The van der Waals surface area contributed by atoms with Crippen LogP contribution in [0.4, 0.5) is 0 Å². The third-order valence-corrected chi connectivity index (χ3v) is 2.58. The zero-order chi connectivity index (χ0) is 9.84. The van der Waals surface area contributed by atoms with Crippen LogP contribution in [0.5, 0.6) is 0 Å². The average molecular weight is 218 g/mol. The summed E-state index contributed by atoms with van der Waals surface area (Å²) in [5.41, 5.74) is 1.85. The molecule has 0 saturated heterocycles. The molecule has 0 radical (unpaired) electrons. The Balaban J connectivity index is 2.92. The maximum absolute atomic E-state index is 6.05. The van der Waals surface area contributed by atoms with Crippen molar-refractivity contribution in [2.75, 3.05) is 0 Å². The van der Waals surface area contributed by atoms with Gasteiger partial charge in [0.25, 0.3) is 0 Å². The van der Waals surface area contributed by atoms with Gasteiger partial charge in [0.2, 0.25) is 0 Å². The predicted molar refractivity (Wildman–Crippen MR) is 57.6 cm³/mol. The van der Waals surface area contributed by atoms with E-state index in [0.29, 0.717) is 5.15 Å². The van der Waals surface area contributed by atoms with Crippen LogP contribution in [0, 0.1) is 6.92 Å². The number of pyridine rings is 1. The van der Waals surface area contributed by atoms with Crippen molar-refractivity contribution >= 4 is 23.2 Å². The first-order chi connectivity index (χ1) is 6.15. The average Bonchev–Trinajstić information content (AvgIpc) is 2.02. The van der Waals surface area contributed by atoms with Gasteiger partial charge in [-0.05, 0) is 25.8 Å². The van der Waals surface area contributed by atoms with Gasteiger partial charge in [0.05, 0.1) is 0 Å². The number of nitrogens with zero attached hydrogens (tertiary/aromatic N) is 1. The predicted octanol–water partition coefficient (Wildman–Crippen LogP) is 4.04. The van der Waals surface area contributed by atoms with E-state index in [1.165, 1.54) is 0 Å². The molecule has 0 saturated carbocycles. The summed E-state index contributed by atoms with van der Waals surface area (Å²) < 4.78 is 0. The lowest BCUT2D eigenvalue weighted by atomic mass is 10.1. The van der Waals surface area contributed by atoms with Crippen LogP contribution in [0.3, 0.4) is 0 Å². The Morgan fingerprint density at radius 1 is 1.38 bits per heavy atom. The fraction of sp³-hybridized carbons (Fsp3) is 0.500.